The number of hydrogen-bond donors (Lipinski definition) is 2. The molecule has 2 rings (SSSR count). The Bertz CT molecular complexity index is 575. The number of benzene rings is 1. The van der Waals surface area contributed by atoms with Gasteiger partial charge in [0.25, 0.3) is 5.91 Å². The van der Waals surface area contributed by atoms with Crippen LogP contribution in [0.4, 0.5) is 0 Å². The molecular weight excluding hydrogens is 274 g/mol. The van der Waals surface area contributed by atoms with Gasteiger partial charge in [-0.3, -0.25) is 25.4 Å². The van der Waals surface area contributed by atoms with E-state index >= 15 is 0 Å². The quantitative estimate of drug-likeness (QED) is 0.662. The van der Waals surface area contributed by atoms with Crippen LogP contribution in [0.15, 0.2) is 59.8 Å². The second-order valence-corrected chi connectivity index (χ2v) is 4.89. The van der Waals surface area contributed by atoms with E-state index in [4.69, 9.17) is 0 Å². The largest absolute Gasteiger partial charge is 0.272 e. The van der Waals surface area contributed by atoms with Gasteiger partial charge in [-0.05, 0) is 24.3 Å². The van der Waals surface area contributed by atoms with Crippen LogP contribution in [0.5, 0.6) is 0 Å². The number of amides is 2. The molecule has 0 unspecified atom stereocenters. The lowest BCUT2D eigenvalue weighted by molar-refractivity contribution is -0.119. The van der Waals surface area contributed by atoms with Gasteiger partial charge in [0.2, 0.25) is 5.91 Å². The molecule has 2 N–H and O–H groups in total. The van der Waals surface area contributed by atoms with Crippen LogP contribution in [0.25, 0.3) is 0 Å². The van der Waals surface area contributed by atoms with Crippen LogP contribution in [-0.4, -0.2) is 22.6 Å². The maximum absolute atomic E-state index is 11.7. The second-order valence-electron chi connectivity index (χ2n) is 3.84. The Morgan fingerprint density at radius 1 is 1.00 bits per heavy atom. The number of rotatable bonds is 4. The third-order valence-electron chi connectivity index (χ3n) is 2.37. The summed E-state index contributed by atoms with van der Waals surface area (Å²) in [6.45, 7) is 0. The minimum Gasteiger partial charge on any atom is -0.272 e. The van der Waals surface area contributed by atoms with Crippen molar-refractivity contribution >= 4 is 23.6 Å². The van der Waals surface area contributed by atoms with Gasteiger partial charge in [-0.2, -0.15) is 0 Å². The Balaban J connectivity index is 1.74. The number of nitrogens with one attached hydrogen (secondary N) is 2. The number of aromatic nitrogens is 1. The molecule has 0 atom stereocenters. The number of pyridine rings is 1. The first-order valence-electron chi connectivity index (χ1n) is 5.93. The lowest BCUT2D eigenvalue weighted by Crippen LogP contribution is -2.42. The van der Waals surface area contributed by atoms with Gasteiger partial charge in [-0.1, -0.05) is 18.2 Å². The molecule has 0 spiro atoms. The van der Waals surface area contributed by atoms with Crippen molar-refractivity contribution in [2.75, 3.05) is 5.75 Å². The maximum atomic E-state index is 11.7. The normalized spacial score (nSPS) is 9.80. The van der Waals surface area contributed by atoms with E-state index in [1.807, 2.05) is 18.2 Å². The maximum Gasteiger partial charge on any atom is 0.269 e. The summed E-state index contributed by atoms with van der Waals surface area (Å²) in [5.74, 6) is -0.386. The van der Waals surface area contributed by atoms with Crippen LogP contribution in [-0.2, 0) is 4.79 Å². The first-order valence-corrected chi connectivity index (χ1v) is 6.91. The van der Waals surface area contributed by atoms with Crippen LogP contribution in [0, 0.1) is 0 Å². The molecule has 0 aliphatic rings. The van der Waals surface area contributed by atoms with Gasteiger partial charge in [0.15, 0.2) is 0 Å². The van der Waals surface area contributed by atoms with Gasteiger partial charge in [0.1, 0.15) is 0 Å². The average Bonchev–Trinajstić information content (AvgIpc) is 2.52. The highest BCUT2D eigenvalue weighted by Gasteiger charge is 2.06. The molecule has 1 aromatic heterocycles. The molecule has 1 aromatic carbocycles. The molecule has 1 heterocycles. The third kappa shape index (κ3) is 4.40. The lowest BCUT2D eigenvalue weighted by atomic mass is 10.2. The number of thioether (sulfide) groups is 1. The highest BCUT2D eigenvalue weighted by atomic mass is 32.2. The molecular formula is C14H13N3O2S. The molecule has 6 heteroatoms. The van der Waals surface area contributed by atoms with Gasteiger partial charge in [0.05, 0.1) is 5.75 Å². The van der Waals surface area contributed by atoms with Crippen molar-refractivity contribution in [2.24, 2.45) is 0 Å². The number of hydrazine groups is 1. The van der Waals surface area contributed by atoms with Crippen LogP contribution in [0.2, 0.25) is 0 Å². The number of carbonyl (C=O) groups is 2. The number of carbonyl (C=O) groups excluding carboxylic acids is 2. The standard InChI is InChI=1S/C14H13N3O2S/c18-13(10-20-12-6-8-15-9-7-12)16-17-14(19)11-4-2-1-3-5-11/h1-9H,10H2,(H,16,18)(H,17,19). The van der Waals surface area contributed by atoms with Gasteiger partial charge in [-0.15, -0.1) is 11.8 Å². The minimum atomic E-state index is -0.340. The van der Waals surface area contributed by atoms with Crippen molar-refractivity contribution in [3.05, 3.63) is 60.4 Å². The topological polar surface area (TPSA) is 71.1 Å². The molecule has 5 nitrogen and oxygen atoms in total. The van der Waals surface area contributed by atoms with E-state index in [1.54, 1.807) is 36.7 Å². The SMILES string of the molecule is O=C(CSc1ccncc1)NNC(=O)c1ccccc1. The first kappa shape index (κ1) is 14.1. The minimum absolute atomic E-state index is 0.221. The smallest absolute Gasteiger partial charge is 0.269 e. The molecule has 0 saturated carbocycles. The number of nitrogens with zero attached hydrogens (tertiary/aromatic N) is 1. The summed E-state index contributed by atoms with van der Waals surface area (Å²) >= 11 is 1.37. The van der Waals surface area contributed by atoms with E-state index in [9.17, 15) is 9.59 Å². The molecule has 0 bridgehead atoms. The van der Waals surface area contributed by atoms with E-state index in [1.165, 1.54) is 11.8 Å². The monoisotopic (exact) mass is 287 g/mol. The molecule has 0 aliphatic carbocycles. The zero-order valence-electron chi connectivity index (χ0n) is 10.6. The van der Waals surface area contributed by atoms with Crippen molar-refractivity contribution in [3.63, 3.8) is 0 Å². The summed E-state index contributed by atoms with van der Waals surface area (Å²) in [5.41, 5.74) is 5.24. The van der Waals surface area contributed by atoms with Gasteiger partial charge in [-0.25, -0.2) is 0 Å². The van der Waals surface area contributed by atoms with Crippen LogP contribution >= 0.6 is 11.8 Å². The summed E-state index contributed by atoms with van der Waals surface area (Å²) in [4.78, 5) is 28.1. The summed E-state index contributed by atoms with van der Waals surface area (Å²) in [6.07, 6.45) is 3.33. The molecule has 0 saturated heterocycles. The Hall–Kier alpha value is -2.34. The second kappa shape index (κ2) is 7.30. The first-order chi connectivity index (χ1) is 9.75. The van der Waals surface area contributed by atoms with Gasteiger partial charge >= 0.3 is 0 Å². The summed E-state index contributed by atoms with van der Waals surface area (Å²) in [6, 6.07) is 12.3. The number of hydrogen-bond acceptors (Lipinski definition) is 4. The van der Waals surface area contributed by atoms with Gasteiger partial charge < -0.3 is 0 Å². The fourth-order valence-corrected chi connectivity index (χ4v) is 2.09. The van der Waals surface area contributed by atoms with Crippen molar-refractivity contribution in [1.82, 2.24) is 15.8 Å². The Kier molecular flexibility index (Phi) is 5.14. The Labute approximate surface area is 120 Å². The summed E-state index contributed by atoms with van der Waals surface area (Å²) in [7, 11) is 0. The highest BCUT2D eigenvalue weighted by molar-refractivity contribution is 8.00. The van der Waals surface area contributed by atoms with Gasteiger partial charge in [0, 0.05) is 22.9 Å². The zero-order valence-corrected chi connectivity index (χ0v) is 11.4. The molecule has 0 fully saturated rings. The molecule has 102 valence electrons. The highest BCUT2D eigenvalue weighted by Crippen LogP contribution is 2.15. The molecule has 0 radical (unpaired) electrons. The summed E-state index contributed by atoms with van der Waals surface area (Å²) in [5, 5.41) is 0. The predicted octanol–water partition coefficient (Wildman–Crippen LogP) is 1.63. The molecule has 2 aromatic rings. The van der Waals surface area contributed by atoms with E-state index in [2.05, 4.69) is 15.8 Å². The van der Waals surface area contributed by atoms with Crippen molar-refractivity contribution in [3.8, 4) is 0 Å². The van der Waals surface area contributed by atoms with E-state index in [-0.39, 0.29) is 17.6 Å². The predicted molar refractivity (Wildman–Crippen MR) is 77.0 cm³/mol. The van der Waals surface area contributed by atoms with E-state index in [0.717, 1.165) is 4.90 Å². The molecule has 2 amide bonds. The van der Waals surface area contributed by atoms with Crippen LogP contribution in [0.3, 0.4) is 0 Å². The zero-order chi connectivity index (χ0) is 14.2. The average molecular weight is 287 g/mol. The van der Waals surface area contributed by atoms with E-state index in [0.29, 0.717) is 5.56 Å². The molecule has 0 aliphatic heterocycles. The Morgan fingerprint density at radius 2 is 1.70 bits per heavy atom. The third-order valence-corrected chi connectivity index (χ3v) is 3.38. The fraction of sp³-hybridized carbons (Fsp3) is 0.0714. The van der Waals surface area contributed by atoms with Crippen molar-refractivity contribution in [1.29, 1.82) is 0 Å². The molecule has 20 heavy (non-hydrogen) atoms. The Morgan fingerprint density at radius 3 is 2.40 bits per heavy atom. The van der Waals surface area contributed by atoms with Crippen molar-refractivity contribution < 1.29 is 9.59 Å². The van der Waals surface area contributed by atoms with E-state index < -0.39 is 0 Å². The summed E-state index contributed by atoms with van der Waals surface area (Å²) < 4.78 is 0. The fourth-order valence-electron chi connectivity index (χ4n) is 1.41. The lowest BCUT2D eigenvalue weighted by Gasteiger charge is -2.07. The van der Waals surface area contributed by atoms with Crippen molar-refractivity contribution in [2.45, 2.75) is 4.90 Å². The van der Waals surface area contributed by atoms with Crippen LogP contribution in [0.1, 0.15) is 10.4 Å². The van der Waals surface area contributed by atoms with Crippen LogP contribution < -0.4 is 10.9 Å².